The standard InChI is InChI=1S/C21H29N3O3S/c1-3-28(25,26)23-14-16-8-11-18(12-9-16)24-21-13-10-17(15-22-21)19-6-4-5-7-20(19)27-2/h4-7,10,13,15-16,18,23H,3,8-9,11-12,14H2,1-2H3,(H,22,24). The van der Waals surface area contributed by atoms with Gasteiger partial charge in [-0.2, -0.15) is 0 Å². The molecule has 0 saturated heterocycles. The Morgan fingerprint density at radius 2 is 1.86 bits per heavy atom. The molecule has 1 aromatic carbocycles. The molecule has 0 spiro atoms. The van der Waals surface area contributed by atoms with Crippen LogP contribution in [0.2, 0.25) is 0 Å². The molecule has 3 rings (SSSR count). The fourth-order valence-electron chi connectivity index (χ4n) is 3.59. The van der Waals surface area contributed by atoms with E-state index in [-0.39, 0.29) is 5.75 Å². The van der Waals surface area contributed by atoms with Crippen molar-refractivity contribution in [3.63, 3.8) is 0 Å². The number of hydrogen-bond donors (Lipinski definition) is 2. The van der Waals surface area contributed by atoms with Gasteiger partial charge in [-0.1, -0.05) is 18.2 Å². The van der Waals surface area contributed by atoms with Crippen molar-refractivity contribution >= 4 is 15.8 Å². The first-order chi connectivity index (χ1) is 13.5. The zero-order chi connectivity index (χ0) is 20.0. The molecule has 0 atom stereocenters. The minimum absolute atomic E-state index is 0.139. The molecule has 1 aliphatic rings. The van der Waals surface area contributed by atoms with Crippen molar-refractivity contribution in [2.75, 3.05) is 24.7 Å². The van der Waals surface area contributed by atoms with E-state index in [1.165, 1.54) is 0 Å². The van der Waals surface area contributed by atoms with Crippen molar-refractivity contribution < 1.29 is 13.2 Å². The smallest absolute Gasteiger partial charge is 0.211 e. The number of para-hydroxylation sites is 1. The van der Waals surface area contributed by atoms with Crippen LogP contribution in [0.4, 0.5) is 5.82 Å². The van der Waals surface area contributed by atoms with Gasteiger partial charge in [0.25, 0.3) is 0 Å². The Morgan fingerprint density at radius 3 is 2.50 bits per heavy atom. The predicted octanol–water partition coefficient (Wildman–Crippen LogP) is 3.67. The summed E-state index contributed by atoms with van der Waals surface area (Å²) in [7, 11) is -1.43. The Hall–Kier alpha value is -2.12. The second kappa shape index (κ2) is 9.39. The first-order valence-corrected chi connectivity index (χ1v) is 11.5. The summed E-state index contributed by atoms with van der Waals surface area (Å²) < 4.78 is 31.3. The molecular weight excluding hydrogens is 374 g/mol. The van der Waals surface area contributed by atoms with Gasteiger partial charge in [-0.25, -0.2) is 18.1 Å². The molecule has 1 aromatic heterocycles. The fourth-order valence-corrected chi connectivity index (χ4v) is 4.28. The Bertz CT molecular complexity index is 861. The van der Waals surface area contributed by atoms with Gasteiger partial charge in [0.2, 0.25) is 10.0 Å². The Kier molecular flexibility index (Phi) is 6.91. The number of rotatable bonds is 8. The van der Waals surface area contributed by atoms with Gasteiger partial charge in [0.1, 0.15) is 11.6 Å². The van der Waals surface area contributed by atoms with Crippen LogP contribution in [0.3, 0.4) is 0 Å². The van der Waals surface area contributed by atoms with E-state index in [1.807, 2.05) is 36.5 Å². The molecule has 7 heteroatoms. The van der Waals surface area contributed by atoms with Gasteiger partial charge in [-0.3, -0.25) is 0 Å². The summed E-state index contributed by atoms with van der Waals surface area (Å²) in [5.41, 5.74) is 2.05. The third-order valence-corrected chi connectivity index (χ3v) is 6.72. The highest BCUT2D eigenvalue weighted by Gasteiger charge is 2.22. The van der Waals surface area contributed by atoms with Crippen LogP contribution < -0.4 is 14.8 Å². The van der Waals surface area contributed by atoms with Crippen molar-refractivity contribution in [1.82, 2.24) is 9.71 Å². The van der Waals surface area contributed by atoms with Gasteiger partial charge in [0, 0.05) is 29.9 Å². The second-order valence-corrected chi connectivity index (χ2v) is 9.34. The summed E-state index contributed by atoms with van der Waals surface area (Å²) in [6.07, 6.45) is 5.95. The zero-order valence-electron chi connectivity index (χ0n) is 16.5. The zero-order valence-corrected chi connectivity index (χ0v) is 17.3. The van der Waals surface area contributed by atoms with Gasteiger partial charge >= 0.3 is 0 Å². The lowest BCUT2D eigenvalue weighted by molar-refractivity contribution is 0.337. The lowest BCUT2D eigenvalue weighted by Gasteiger charge is -2.29. The summed E-state index contributed by atoms with van der Waals surface area (Å²) in [5.74, 6) is 2.26. The highest BCUT2D eigenvalue weighted by molar-refractivity contribution is 7.89. The first-order valence-electron chi connectivity index (χ1n) is 9.84. The van der Waals surface area contributed by atoms with Crippen molar-refractivity contribution in [1.29, 1.82) is 0 Å². The maximum absolute atomic E-state index is 11.6. The van der Waals surface area contributed by atoms with Gasteiger partial charge in [0.15, 0.2) is 0 Å². The summed E-state index contributed by atoms with van der Waals surface area (Å²) >= 11 is 0. The quantitative estimate of drug-likeness (QED) is 0.703. The van der Waals surface area contributed by atoms with Crippen LogP contribution in [0.25, 0.3) is 11.1 Å². The number of pyridine rings is 1. The topological polar surface area (TPSA) is 80.3 Å². The Balaban J connectivity index is 1.52. The largest absolute Gasteiger partial charge is 0.496 e. The van der Waals surface area contributed by atoms with E-state index in [1.54, 1.807) is 14.0 Å². The third-order valence-electron chi connectivity index (χ3n) is 5.35. The SMILES string of the molecule is CCS(=O)(=O)NCC1CCC(Nc2ccc(-c3ccccc3OC)cn2)CC1. The van der Waals surface area contributed by atoms with Crippen LogP contribution in [-0.4, -0.2) is 38.9 Å². The predicted molar refractivity (Wildman–Crippen MR) is 113 cm³/mol. The molecular formula is C21H29N3O3S. The van der Waals surface area contributed by atoms with E-state index in [0.717, 1.165) is 48.4 Å². The van der Waals surface area contributed by atoms with Crippen LogP contribution in [-0.2, 0) is 10.0 Å². The number of ether oxygens (including phenoxy) is 1. The summed E-state index contributed by atoms with van der Waals surface area (Å²) in [4.78, 5) is 4.56. The molecule has 2 N–H and O–H groups in total. The number of nitrogens with zero attached hydrogens (tertiary/aromatic N) is 1. The van der Waals surface area contributed by atoms with Crippen LogP contribution in [0.5, 0.6) is 5.75 Å². The second-order valence-electron chi connectivity index (χ2n) is 7.25. The molecule has 0 amide bonds. The lowest BCUT2D eigenvalue weighted by Crippen LogP contribution is -2.34. The van der Waals surface area contributed by atoms with Crippen LogP contribution in [0.1, 0.15) is 32.6 Å². The number of sulfonamides is 1. The molecule has 0 bridgehead atoms. The number of methoxy groups -OCH3 is 1. The number of anilines is 1. The van der Waals surface area contributed by atoms with Crippen LogP contribution in [0.15, 0.2) is 42.6 Å². The molecule has 0 radical (unpaired) electrons. The Morgan fingerprint density at radius 1 is 1.11 bits per heavy atom. The van der Waals surface area contributed by atoms with Crippen LogP contribution in [0, 0.1) is 5.92 Å². The molecule has 1 fully saturated rings. The van der Waals surface area contributed by atoms with E-state index in [4.69, 9.17) is 4.74 Å². The summed E-state index contributed by atoms with van der Waals surface area (Å²) in [5, 5.41) is 3.51. The monoisotopic (exact) mass is 403 g/mol. The number of benzene rings is 1. The maximum atomic E-state index is 11.6. The maximum Gasteiger partial charge on any atom is 0.211 e. The first kappa shape index (κ1) is 20.6. The highest BCUT2D eigenvalue weighted by atomic mass is 32.2. The summed E-state index contributed by atoms with van der Waals surface area (Å²) in [6.45, 7) is 2.21. The molecule has 152 valence electrons. The molecule has 1 aliphatic carbocycles. The van der Waals surface area contributed by atoms with E-state index < -0.39 is 10.0 Å². The number of aromatic nitrogens is 1. The minimum Gasteiger partial charge on any atom is -0.496 e. The van der Waals surface area contributed by atoms with Crippen molar-refractivity contribution in [3.05, 3.63) is 42.6 Å². The minimum atomic E-state index is -3.10. The molecule has 0 unspecified atom stereocenters. The van der Waals surface area contributed by atoms with E-state index in [9.17, 15) is 8.42 Å². The van der Waals surface area contributed by atoms with E-state index >= 15 is 0 Å². The lowest BCUT2D eigenvalue weighted by atomic mass is 9.86. The average Bonchev–Trinajstić information content (AvgIpc) is 2.74. The number of nitrogens with one attached hydrogen (secondary N) is 2. The molecule has 6 nitrogen and oxygen atoms in total. The Labute approximate surface area is 167 Å². The normalized spacial score (nSPS) is 19.9. The van der Waals surface area contributed by atoms with Gasteiger partial charge in [-0.15, -0.1) is 0 Å². The van der Waals surface area contributed by atoms with Crippen molar-refractivity contribution in [2.24, 2.45) is 5.92 Å². The molecule has 2 aromatic rings. The fraction of sp³-hybridized carbons (Fsp3) is 0.476. The van der Waals surface area contributed by atoms with Gasteiger partial charge in [-0.05, 0) is 56.7 Å². The number of hydrogen-bond acceptors (Lipinski definition) is 5. The van der Waals surface area contributed by atoms with Gasteiger partial charge < -0.3 is 10.1 Å². The highest BCUT2D eigenvalue weighted by Crippen LogP contribution is 2.30. The summed E-state index contributed by atoms with van der Waals surface area (Å²) in [6, 6.07) is 12.3. The van der Waals surface area contributed by atoms with Crippen LogP contribution >= 0.6 is 0 Å². The third kappa shape index (κ3) is 5.45. The van der Waals surface area contributed by atoms with Crippen molar-refractivity contribution in [3.8, 4) is 16.9 Å². The van der Waals surface area contributed by atoms with Crippen molar-refractivity contribution in [2.45, 2.75) is 38.6 Å². The average molecular weight is 404 g/mol. The van der Waals surface area contributed by atoms with E-state index in [2.05, 4.69) is 21.1 Å². The molecule has 28 heavy (non-hydrogen) atoms. The molecule has 1 heterocycles. The molecule has 1 saturated carbocycles. The van der Waals surface area contributed by atoms with Gasteiger partial charge in [0.05, 0.1) is 12.9 Å². The van der Waals surface area contributed by atoms with E-state index in [0.29, 0.717) is 18.5 Å². The molecule has 0 aliphatic heterocycles.